The van der Waals surface area contributed by atoms with Crippen molar-refractivity contribution in [3.8, 4) is 0 Å². The maximum absolute atomic E-state index is 12.8. The molecule has 1 aliphatic heterocycles. The van der Waals surface area contributed by atoms with E-state index >= 15 is 0 Å². The van der Waals surface area contributed by atoms with Gasteiger partial charge >= 0.3 is 0 Å². The van der Waals surface area contributed by atoms with Gasteiger partial charge in [-0.1, -0.05) is 44.2 Å². The Kier molecular flexibility index (Phi) is 7.15. The number of carbonyl (C=O) groups is 3. The molecule has 0 aliphatic carbocycles. The molecule has 7 nitrogen and oxygen atoms in total. The molecule has 5 N–H and O–H groups in total. The van der Waals surface area contributed by atoms with E-state index in [-0.39, 0.29) is 17.9 Å². The molecule has 1 aromatic rings. The number of nitrogens with two attached hydrogens (primary N) is 1. The number of nitrogens with one attached hydrogen (secondary N) is 3. The monoisotopic (exact) mass is 360 g/mol. The van der Waals surface area contributed by atoms with Crippen molar-refractivity contribution < 1.29 is 14.4 Å². The fourth-order valence-corrected chi connectivity index (χ4v) is 3.06. The van der Waals surface area contributed by atoms with Crippen LogP contribution in [0, 0.1) is 5.92 Å². The number of primary amides is 1. The zero-order valence-electron chi connectivity index (χ0n) is 15.3. The molecule has 142 valence electrons. The van der Waals surface area contributed by atoms with Crippen LogP contribution in [0.15, 0.2) is 30.3 Å². The second-order valence-corrected chi connectivity index (χ2v) is 7.03. The number of hydrogen-bond acceptors (Lipinski definition) is 4. The zero-order chi connectivity index (χ0) is 19.1. The largest absolute Gasteiger partial charge is 0.368 e. The van der Waals surface area contributed by atoms with Crippen molar-refractivity contribution in [2.24, 2.45) is 11.7 Å². The van der Waals surface area contributed by atoms with Crippen molar-refractivity contribution in [3.63, 3.8) is 0 Å². The standard InChI is InChI=1S/C19H28N4O3/c1-12(2)16(17(20)24)23-19(26)15(11-13-7-4-3-5-8-13)22-18(25)14-9-6-10-21-14/h3-5,7-8,12,14-16,21H,6,9-11H2,1-2H3,(H2,20,24)(H,22,25)(H,23,26)/t14-,15-,16-/m0/s1. The van der Waals surface area contributed by atoms with E-state index in [1.165, 1.54) is 0 Å². The quantitative estimate of drug-likeness (QED) is 0.526. The van der Waals surface area contributed by atoms with Gasteiger partial charge in [-0.05, 0) is 30.9 Å². The third-order valence-corrected chi connectivity index (χ3v) is 4.56. The van der Waals surface area contributed by atoms with E-state index in [0.717, 1.165) is 24.9 Å². The van der Waals surface area contributed by atoms with Crippen molar-refractivity contribution in [3.05, 3.63) is 35.9 Å². The molecule has 3 amide bonds. The number of carbonyl (C=O) groups excluding carboxylic acids is 3. The summed E-state index contributed by atoms with van der Waals surface area (Å²) in [4.78, 5) is 36.8. The number of hydrogen-bond donors (Lipinski definition) is 4. The normalized spacial score (nSPS) is 19.0. The smallest absolute Gasteiger partial charge is 0.243 e. The van der Waals surface area contributed by atoms with E-state index in [2.05, 4.69) is 16.0 Å². The highest BCUT2D eigenvalue weighted by Gasteiger charge is 2.30. The topological polar surface area (TPSA) is 113 Å². The lowest BCUT2D eigenvalue weighted by Gasteiger charge is -2.25. The highest BCUT2D eigenvalue weighted by Crippen LogP contribution is 2.09. The van der Waals surface area contributed by atoms with Crippen molar-refractivity contribution in [1.29, 1.82) is 0 Å². The Balaban J connectivity index is 2.11. The van der Waals surface area contributed by atoms with Crippen LogP contribution >= 0.6 is 0 Å². The molecule has 1 saturated heterocycles. The summed E-state index contributed by atoms with van der Waals surface area (Å²) in [6.07, 6.45) is 2.03. The molecule has 3 atom stereocenters. The molecule has 2 rings (SSSR count). The molecule has 1 aliphatic rings. The first kappa shape index (κ1) is 19.9. The van der Waals surface area contributed by atoms with Gasteiger partial charge in [0.1, 0.15) is 12.1 Å². The van der Waals surface area contributed by atoms with E-state index in [4.69, 9.17) is 5.73 Å². The third-order valence-electron chi connectivity index (χ3n) is 4.56. The molecular weight excluding hydrogens is 332 g/mol. The van der Waals surface area contributed by atoms with E-state index in [9.17, 15) is 14.4 Å². The van der Waals surface area contributed by atoms with Gasteiger partial charge in [-0.2, -0.15) is 0 Å². The predicted molar refractivity (Wildman–Crippen MR) is 99.1 cm³/mol. The van der Waals surface area contributed by atoms with Crippen molar-refractivity contribution in [2.45, 2.75) is 51.2 Å². The Morgan fingerprint density at radius 1 is 1.19 bits per heavy atom. The van der Waals surface area contributed by atoms with Crippen molar-refractivity contribution >= 4 is 17.7 Å². The molecule has 0 radical (unpaired) electrons. The SMILES string of the molecule is CC(C)[C@H](NC(=O)[C@H](Cc1ccccc1)NC(=O)[C@@H]1CCCN1)C(N)=O. The molecule has 0 saturated carbocycles. The number of rotatable bonds is 8. The first-order chi connectivity index (χ1) is 12.4. The Labute approximate surface area is 154 Å². The van der Waals surface area contributed by atoms with Gasteiger partial charge in [0.2, 0.25) is 17.7 Å². The molecule has 1 heterocycles. The first-order valence-electron chi connectivity index (χ1n) is 9.06. The van der Waals surface area contributed by atoms with Crippen LogP contribution in [-0.2, 0) is 20.8 Å². The zero-order valence-corrected chi connectivity index (χ0v) is 15.3. The van der Waals surface area contributed by atoms with Gasteiger partial charge in [-0.25, -0.2) is 0 Å². The van der Waals surface area contributed by atoms with Crippen LogP contribution < -0.4 is 21.7 Å². The highest BCUT2D eigenvalue weighted by atomic mass is 16.2. The van der Waals surface area contributed by atoms with E-state index in [1.54, 1.807) is 0 Å². The Hall–Kier alpha value is -2.41. The Bertz CT molecular complexity index is 627. The fraction of sp³-hybridized carbons (Fsp3) is 0.526. The molecule has 0 bridgehead atoms. The van der Waals surface area contributed by atoms with Crippen LogP contribution in [0.5, 0.6) is 0 Å². The maximum Gasteiger partial charge on any atom is 0.243 e. The first-order valence-corrected chi connectivity index (χ1v) is 9.06. The second-order valence-electron chi connectivity index (χ2n) is 7.03. The predicted octanol–water partition coefficient (Wildman–Crippen LogP) is 0.0920. The summed E-state index contributed by atoms with van der Waals surface area (Å²) in [5, 5.41) is 8.63. The molecule has 0 spiro atoms. The fourth-order valence-electron chi connectivity index (χ4n) is 3.06. The summed E-state index contributed by atoms with van der Waals surface area (Å²) >= 11 is 0. The van der Waals surface area contributed by atoms with Crippen LogP contribution in [0.1, 0.15) is 32.3 Å². The summed E-state index contributed by atoms with van der Waals surface area (Å²) in [7, 11) is 0. The average Bonchev–Trinajstić information content (AvgIpc) is 3.14. The van der Waals surface area contributed by atoms with Gasteiger partial charge in [-0.3, -0.25) is 14.4 Å². The summed E-state index contributed by atoms with van der Waals surface area (Å²) in [5.41, 5.74) is 6.31. The third kappa shape index (κ3) is 5.56. The van der Waals surface area contributed by atoms with Gasteiger partial charge < -0.3 is 21.7 Å². The molecule has 0 unspecified atom stereocenters. The Morgan fingerprint density at radius 2 is 1.88 bits per heavy atom. The molecule has 7 heteroatoms. The Morgan fingerprint density at radius 3 is 2.42 bits per heavy atom. The maximum atomic E-state index is 12.8. The van der Waals surface area contributed by atoms with Crippen molar-refractivity contribution in [2.75, 3.05) is 6.54 Å². The minimum atomic E-state index is -0.776. The number of benzene rings is 1. The van der Waals surface area contributed by atoms with E-state index in [1.807, 2.05) is 44.2 Å². The van der Waals surface area contributed by atoms with Crippen LogP contribution in [0.3, 0.4) is 0 Å². The molecule has 1 aromatic carbocycles. The van der Waals surface area contributed by atoms with Gasteiger partial charge in [-0.15, -0.1) is 0 Å². The lowest BCUT2D eigenvalue weighted by Crippen LogP contribution is -2.57. The summed E-state index contributed by atoms with van der Waals surface area (Å²) < 4.78 is 0. The molecule has 26 heavy (non-hydrogen) atoms. The highest BCUT2D eigenvalue weighted by molar-refractivity contribution is 5.93. The van der Waals surface area contributed by atoms with Gasteiger partial charge in [0.15, 0.2) is 0 Å². The summed E-state index contributed by atoms with van der Waals surface area (Å²) in [6.45, 7) is 4.41. The van der Waals surface area contributed by atoms with Crippen LogP contribution in [0.25, 0.3) is 0 Å². The molecule has 1 fully saturated rings. The van der Waals surface area contributed by atoms with Crippen LogP contribution in [-0.4, -0.2) is 42.4 Å². The number of amides is 3. The van der Waals surface area contributed by atoms with Crippen molar-refractivity contribution in [1.82, 2.24) is 16.0 Å². The minimum absolute atomic E-state index is 0.138. The van der Waals surface area contributed by atoms with Gasteiger partial charge in [0, 0.05) is 6.42 Å². The molecular formula is C19H28N4O3. The van der Waals surface area contributed by atoms with E-state index in [0.29, 0.717) is 6.42 Å². The second kappa shape index (κ2) is 9.33. The van der Waals surface area contributed by atoms with Gasteiger partial charge in [0.05, 0.1) is 6.04 Å². The van der Waals surface area contributed by atoms with Gasteiger partial charge in [0.25, 0.3) is 0 Å². The van der Waals surface area contributed by atoms with Crippen LogP contribution in [0.4, 0.5) is 0 Å². The molecule has 0 aromatic heterocycles. The lowest BCUT2D eigenvalue weighted by molar-refractivity contribution is -0.132. The van der Waals surface area contributed by atoms with Crippen LogP contribution in [0.2, 0.25) is 0 Å². The minimum Gasteiger partial charge on any atom is -0.368 e. The van der Waals surface area contributed by atoms with E-state index < -0.39 is 23.9 Å². The summed E-state index contributed by atoms with van der Waals surface area (Å²) in [6, 6.07) is 7.62. The lowest BCUT2D eigenvalue weighted by atomic mass is 10.0. The average molecular weight is 360 g/mol. The summed E-state index contributed by atoms with van der Waals surface area (Å²) in [5.74, 6) is -1.33.